The van der Waals surface area contributed by atoms with Crippen molar-refractivity contribution in [2.45, 2.75) is 19.6 Å². The predicted octanol–water partition coefficient (Wildman–Crippen LogP) is 17.0. The molecule has 0 atom stereocenters. The van der Waals surface area contributed by atoms with Crippen molar-refractivity contribution in [1.29, 1.82) is 0 Å². The minimum absolute atomic E-state index is 0.00756. The smallest absolute Gasteiger partial charge is 0.337 e. The number of carbonyl (C=O) groups excluding carboxylic acids is 4. The van der Waals surface area contributed by atoms with Crippen molar-refractivity contribution in [1.82, 2.24) is 38.2 Å². The van der Waals surface area contributed by atoms with Crippen molar-refractivity contribution >= 4 is 172 Å². The lowest BCUT2D eigenvalue weighted by Crippen LogP contribution is -2.33. The summed E-state index contributed by atoms with van der Waals surface area (Å²) in [5, 5.41) is 21.1. The van der Waals surface area contributed by atoms with E-state index in [4.69, 9.17) is 108 Å². The van der Waals surface area contributed by atoms with Crippen LogP contribution in [0, 0.1) is 0 Å². The van der Waals surface area contributed by atoms with Gasteiger partial charge >= 0.3 is 23.6 Å². The van der Waals surface area contributed by atoms with E-state index in [0.717, 1.165) is 26.3 Å². The zero-order chi connectivity index (χ0) is 83.7. The fraction of sp³-hybridized carbons (Fsp3) is 0.0824. The molecule has 15 rings (SSSR count). The Morgan fingerprint density at radius 3 is 1.02 bits per heavy atom. The topological polar surface area (TPSA) is 326 Å². The molecule has 0 saturated carbocycles. The number of nitrogens with two attached hydrogens (primary N) is 1. The molecule has 0 radical (unpaired) electrons. The summed E-state index contributed by atoms with van der Waals surface area (Å²) in [6.07, 6.45) is 0. The largest absolute Gasteiger partial charge is 0.465 e. The van der Waals surface area contributed by atoms with Gasteiger partial charge < -0.3 is 40.7 Å². The number of methoxy groups -OCH3 is 3. The van der Waals surface area contributed by atoms with E-state index in [0.29, 0.717) is 128 Å². The number of ether oxygens (including phenoxy) is 3. The van der Waals surface area contributed by atoms with E-state index in [2.05, 4.69) is 40.0 Å². The number of ketones is 1. The molecule has 11 aromatic carbocycles. The number of nitrogens with one attached hydrogen (secondary N) is 3. The van der Waals surface area contributed by atoms with Crippen LogP contribution in [0.2, 0.25) is 40.4 Å². The van der Waals surface area contributed by atoms with Crippen LogP contribution in [-0.2, 0) is 33.8 Å². The number of hydrogen-bond donors (Lipinski definition) is 5. The average molecular weight is 1730 g/mol. The van der Waals surface area contributed by atoms with Crippen molar-refractivity contribution in [3.63, 3.8) is 0 Å². The number of anilines is 2. The molecular formula is C85H63Cl8N11O13. The van der Waals surface area contributed by atoms with E-state index >= 15 is 0 Å². The number of aliphatic hydroxyl groups is 1. The number of aromatic amines is 1. The number of esters is 3. The van der Waals surface area contributed by atoms with Gasteiger partial charge in [-0.2, -0.15) is 0 Å². The zero-order valence-electron chi connectivity index (χ0n) is 61.5. The SMILES string of the molecule is COC(=O)c1ccc2c(=O)n(-c3ccc(Cl)cc3)c(=O)[nH]c2c1.COC(=O)c1ccc2c(=O)n(-c3ccc(Cl)cc3)c(Cl)nc2c1.COC(=O)c1ccc2c(=O)n(-c3ccc(Cl)cc3)c(NCc3ccc(Cl)cc3)nc2c1.NCc1ccc(Cl)cc1.O=C(CO)c1ccc2c(=O)n(-c3ccc(Cl)cc3)c(NCc3ccc(Cl)cc3)nc2c1. The number of halogens is 8. The van der Waals surface area contributed by atoms with Gasteiger partial charge in [-0.3, -0.25) is 28.5 Å². The molecule has 117 heavy (non-hydrogen) atoms. The van der Waals surface area contributed by atoms with Crippen molar-refractivity contribution < 1.29 is 38.5 Å². The van der Waals surface area contributed by atoms with Gasteiger partial charge in [-0.15, -0.1) is 0 Å². The fourth-order valence-corrected chi connectivity index (χ4v) is 12.6. The lowest BCUT2D eigenvalue weighted by molar-refractivity contribution is 0.0592. The van der Waals surface area contributed by atoms with Crippen molar-refractivity contribution in [3.05, 3.63) is 374 Å². The Morgan fingerprint density at radius 1 is 0.368 bits per heavy atom. The van der Waals surface area contributed by atoms with E-state index in [9.17, 15) is 43.2 Å². The third-order valence-electron chi connectivity index (χ3n) is 17.4. The first-order valence-electron chi connectivity index (χ1n) is 34.8. The molecule has 0 amide bonds. The molecule has 4 aromatic heterocycles. The molecule has 24 nitrogen and oxygen atoms in total. The van der Waals surface area contributed by atoms with Crippen LogP contribution in [-0.4, -0.2) is 94.9 Å². The number of benzene rings is 11. The summed E-state index contributed by atoms with van der Waals surface area (Å²) in [7, 11) is 3.84. The van der Waals surface area contributed by atoms with Crippen molar-refractivity contribution in [2.24, 2.45) is 5.73 Å². The Morgan fingerprint density at radius 2 is 0.658 bits per heavy atom. The lowest BCUT2D eigenvalue weighted by atomic mass is 10.1. The van der Waals surface area contributed by atoms with Gasteiger partial charge in [-0.05, 0) is 228 Å². The third kappa shape index (κ3) is 21.1. The first-order valence-corrected chi connectivity index (χ1v) is 37.8. The highest BCUT2D eigenvalue weighted by Gasteiger charge is 2.20. The highest BCUT2D eigenvalue weighted by atomic mass is 35.5. The maximum atomic E-state index is 13.4. The molecule has 4 heterocycles. The molecule has 0 bridgehead atoms. The second-order valence-electron chi connectivity index (χ2n) is 25.0. The fourth-order valence-electron chi connectivity index (χ4n) is 11.5. The molecule has 0 aliphatic rings. The molecule has 0 unspecified atom stereocenters. The molecule has 0 aliphatic heterocycles. The maximum absolute atomic E-state index is 13.4. The number of H-pyrrole nitrogens is 1. The number of aromatic nitrogens is 8. The molecule has 592 valence electrons. The second kappa shape index (κ2) is 39.4. The first kappa shape index (κ1) is 85.6. The number of aliphatic hydroxyl groups excluding tert-OH is 1. The Kier molecular flexibility index (Phi) is 28.8. The highest BCUT2D eigenvalue weighted by Crippen LogP contribution is 2.26. The Bertz CT molecular complexity index is 6330. The van der Waals surface area contributed by atoms with Gasteiger partial charge in [0.15, 0.2) is 5.78 Å². The number of Topliss-reactive ketones (excluding diaryl/α,β-unsaturated/α-hetero) is 1. The maximum Gasteiger partial charge on any atom is 0.337 e. The van der Waals surface area contributed by atoms with E-state index in [1.165, 1.54) is 83.6 Å². The molecule has 0 saturated heterocycles. The molecule has 0 fully saturated rings. The number of hydrogen-bond acceptors (Lipinski definition) is 19. The number of carbonyl (C=O) groups is 4. The van der Waals surface area contributed by atoms with E-state index < -0.39 is 41.5 Å². The Balaban J connectivity index is 0.000000149. The van der Waals surface area contributed by atoms with Gasteiger partial charge in [-0.1, -0.05) is 124 Å². The zero-order valence-corrected chi connectivity index (χ0v) is 67.5. The quantitative estimate of drug-likeness (QED) is 0.0260. The van der Waals surface area contributed by atoms with Crippen LogP contribution in [0.5, 0.6) is 0 Å². The molecule has 32 heteroatoms. The molecule has 6 N–H and O–H groups in total. The van der Waals surface area contributed by atoms with Crippen LogP contribution in [0.3, 0.4) is 0 Å². The second-order valence-corrected chi connectivity index (χ2v) is 28.3. The van der Waals surface area contributed by atoms with Crippen LogP contribution in [0.25, 0.3) is 66.4 Å². The van der Waals surface area contributed by atoms with Gasteiger partial charge in [-0.25, -0.2) is 47.8 Å². The highest BCUT2D eigenvalue weighted by molar-refractivity contribution is 6.32. The number of fused-ring (bicyclic) bond motifs is 4. The summed E-state index contributed by atoms with van der Waals surface area (Å²) in [5.74, 6) is -1.36. The summed E-state index contributed by atoms with van der Waals surface area (Å²) in [4.78, 5) is 127. The summed E-state index contributed by atoms with van der Waals surface area (Å²) >= 11 is 47.4. The molecule has 0 spiro atoms. The van der Waals surface area contributed by atoms with Gasteiger partial charge in [0.05, 0.1) is 104 Å². The Hall–Kier alpha value is -12.3. The van der Waals surface area contributed by atoms with Gasteiger partial charge in [0.1, 0.15) is 6.61 Å². The molecule has 0 aliphatic carbocycles. The first-order chi connectivity index (χ1) is 56.3. The number of nitrogens with zero attached hydrogens (tertiary/aromatic N) is 7. The minimum atomic E-state index is -0.616. The lowest BCUT2D eigenvalue weighted by Gasteiger charge is -2.15. The Labute approximate surface area is 704 Å². The van der Waals surface area contributed by atoms with E-state index in [1.54, 1.807) is 146 Å². The monoisotopic (exact) mass is 1730 g/mol. The van der Waals surface area contributed by atoms with Crippen molar-refractivity contribution in [2.75, 3.05) is 38.6 Å². The van der Waals surface area contributed by atoms with Crippen LogP contribution < -0.4 is 44.3 Å². The summed E-state index contributed by atoms with van der Waals surface area (Å²) in [6, 6.07) is 67.0. The van der Waals surface area contributed by atoms with Crippen LogP contribution in [0.15, 0.2) is 267 Å². The van der Waals surface area contributed by atoms with Crippen LogP contribution >= 0.6 is 92.8 Å². The summed E-state index contributed by atoms with van der Waals surface area (Å²) in [5.41, 5.74) is 11.0. The van der Waals surface area contributed by atoms with Gasteiger partial charge in [0.2, 0.25) is 17.2 Å². The standard InChI is InChI=1S/2C23H17Cl2N3O3.C16H10Cl2N2O3.C16H11ClN2O4.C7H8ClN/c1-31-22(30)15-4-11-19-20(12-15)27-23(26-13-14-2-5-16(24)6-3-14)28(21(19)29)18-9-7-17(25)8-10-18;24-16-4-1-14(2-5-16)12-26-23-27-20-11-15(21(30)13-29)3-10-19(20)22(31)28(23)18-8-6-17(25)7-9-18;1-23-15(22)9-2-7-12-13(8-9)19-16(18)20(14(12)21)11-5-3-10(17)4-6-11;1-23-15(21)9-2-7-12-13(8-9)18-16(22)19(14(12)20)11-5-3-10(17)4-6-11;8-7-3-1-6(5-9)2-4-7/h2-12H,13H2,1H3,(H,26,27);1-11,29H,12-13H2,(H,26,27);2-8H,1H3;2-8H,1H3,(H,18,22);1-4H,5,9H2. The van der Waals surface area contributed by atoms with E-state index in [-0.39, 0.29) is 44.0 Å². The summed E-state index contributed by atoms with van der Waals surface area (Å²) < 4.78 is 19.3. The van der Waals surface area contributed by atoms with Crippen molar-refractivity contribution in [3.8, 4) is 22.7 Å². The summed E-state index contributed by atoms with van der Waals surface area (Å²) in [6.45, 7) is 0.781. The third-order valence-corrected chi connectivity index (χ3v) is 19.4. The van der Waals surface area contributed by atoms with Crippen LogP contribution in [0.1, 0.15) is 58.1 Å². The van der Waals surface area contributed by atoms with Gasteiger partial charge in [0, 0.05) is 60.4 Å². The number of rotatable bonds is 16. The normalized spacial score (nSPS) is 10.7. The molecule has 15 aromatic rings. The molecular weight excluding hydrogens is 1670 g/mol. The van der Waals surface area contributed by atoms with Crippen LogP contribution in [0.4, 0.5) is 11.9 Å². The predicted molar refractivity (Wildman–Crippen MR) is 460 cm³/mol. The minimum Gasteiger partial charge on any atom is -0.465 e. The van der Waals surface area contributed by atoms with E-state index in [1.807, 2.05) is 48.5 Å². The van der Waals surface area contributed by atoms with Gasteiger partial charge in [0.25, 0.3) is 22.2 Å². The average Bonchev–Trinajstić information content (AvgIpc) is 0.788.